The fraction of sp³-hybridized carbons (Fsp3) is 0.421. The molecule has 1 saturated heterocycles. The van der Waals surface area contributed by atoms with Crippen LogP contribution in [-0.4, -0.2) is 83.5 Å². The zero-order valence-electron chi connectivity index (χ0n) is 17.5. The first-order valence-corrected chi connectivity index (χ1v) is 11.3. The predicted molar refractivity (Wildman–Crippen MR) is 108 cm³/mol. The molecule has 1 aromatic carbocycles. The van der Waals surface area contributed by atoms with Crippen LogP contribution in [0.2, 0.25) is 0 Å². The van der Waals surface area contributed by atoms with Crippen LogP contribution >= 0.6 is 0 Å². The molecule has 0 saturated carbocycles. The van der Waals surface area contributed by atoms with Gasteiger partial charge >= 0.3 is 5.97 Å². The van der Waals surface area contributed by atoms with E-state index in [2.05, 4.69) is 15.5 Å². The number of esters is 1. The Morgan fingerprint density at radius 1 is 1.25 bits per heavy atom. The normalized spacial score (nSPS) is 22.8. The molecule has 0 spiro atoms. The maximum absolute atomic E-state index is 12.9. The highest BCUT2D eigenvalue weighted by molar-refractivity contribution is 7.92. The zero-order chi connectivity index (χ0) is 23.0. The van der Waals surface area contributed by atoms with Crippen molar-refractivity contribution < 1.29 is 32.2 Å². The molecule has 1 fully saturated rings. The number of fused-ring (bicyclic) bond motifs is 1. The van der Waals surface area contributed by atoms with Crippen molar-refractivity contribution in [1.29, 1.82) is 0 Å². The minimum atomic E-state index is -3.81. The molecule has 1 amide bonds. The number of nitrogens with zero attached hydrogens (tertiary/aromatic N) is 5. The largest absolute Gasteiger partial charge is 0.461 e. The highest BCUT2D eigenvalue weighted by atomic mass is 32.2. The van der Waals surface area contributed by atoms with Gasteiger partial charge in [-0.3, -0.25) is 14.5 Å². The summed E-state index contributed by atoms with van der Waals surface area (Å²) in [5.74, 6) is -1.50. The Labute approximate surface area is 183 Å². The van der Waals surface area contributed by atoms with Crippen LogP contribution < -0.4 is 0 Å². The summed E-state index contributed by atoms with van der Waals surface area (Å²) in [6, 6.07) is 9.12. The average molecular weight is 463 g/mol. The van der Waals surface area contributed by atoms with Crippen molar-refractivity contribution in [3.8, 4) is 0 Å². The second-order valence-electron chi connectivity index (χ2n) is 7.24. The Balaban J connectivity index is 1.87. The van der Waals surface area contributed by atoms with Crippen LogP contribution in [0.3, 0.4) is 0 Å². The minimum absolute atomic E-state index is 0.102. The van der Waals surface area contributed by atoms with E-state index in [0.29, 0.717) is 0 Å². The molecule has 3 heterocycles. The fourth-order valence-electron chi connectivity index (χ4n) is 3.88. The molecule has 3 atom stereocenters. The van der Waals surface area contributed by atoms with Crippen molar-refractivity contribution in [2.75, 3.05) is 26.6 Å². The number of hydrogen-bond acceptors (Lipinski definition) is 10. The van der Waals surface area contributed by atoms with E-state index in [1.807, 2.05) is 30.3 Å². The lowest BCUT2D eigenvalue weighted by Crippen LogP contribution is -2.69. The molecular weight excluding hydrogens is 442 g/mol. The van der Waals surface area contributed by atoms with Crippen LogP contribution in [0.15, 0.2) is 35.9 Å². The van der Waals surface area contributed by atoms with E-state index < -0.39 is 45.2 Å². The van der Waals surface area contributed by atoms with E-state index in [-0.39, 0.29) is 23.7 Å². The van der Waals surface area contributed by atoms with Gasteiger partial charge in [0.25, 0.3) is 5.91 Å². The molecule has 1 unspecified atom stereocenters. The Morgan fingerprint density at radius 3 is 2.59 bits per heavy atom. The molecule has 170 valence electrons. The standard InChI is InChI=1S/C19H21N5O7S/c1-11(25)31-9-13-10-32(27,28)19-15(29-2)17(26)23(19)14(13)16-20-21-22-24(16)18(30-3)12-7-5-4-6-8-12/h4-8,15,18-19H,9-10H2,1-3H3/t15-,18?,19-/m0/s1. The summed E-state index contributed by atoms with van der Waals surface area (Å²) in [4.78, 5) is 25.3. The topological polar surface area (TPSA) is 143 Å². The third-order valence-electron chi connectivity index (χ3n) is 5.25. The van der Waals surface area contributed by atoms with E-state index in [1.54, 1.807) is 0 Å². The number of ether oxygens (including phenoxy) is 3. The maximum atomic E-state index is 12.9. The van der Waals surface area contributed by atoms with Gasteiger partial charge in [-0.05, 0) is 10.4 Å². The number of methoxy groups -OCH3 is 2. The van der Waals surface area contributed by atoms with Gasteiger partial charge in [0.05, 0.1) is 11.4 Å². The van der Waals surface area contributed by atoms with Crippen molar-refractivity contribution in [3.63, 3.8) is 0 Å². The number of aromatic nitrogens is 4. The van der Waals surface area contributed by atoms with Gasteiger partial charge in [-0.15, -0.1) is 5.10 Å². The molecule has 1 aromatic heterocycles. The van der Waals surface area contributed by atoms with Gasteiger partial charge in [-0.1, -0.05) is 30.3 Å². The predicted octanol–water partition coefficient (Wildman–Crippen LogP) is -0.248. The van der Waals surface area contributed by atoms with Crippen molar-refractivity contribution >= 4 is 27.4 Å². The highest BCUT2D eigenvalue weighted by Crippen LogP contribution is 2.42. The SMILES string of the molecule is COC(c1ccccc1)n1nnnc1C1=C(COC(C)=O)CS(=O)(=O)[C@H]2[C@@H](OC)C(=O)N12. The molecule has 13 heteroatoms. The monoisotopic (exact) mass is 463 g/mol. The van der Waals surface area contributed by atoms with Gasteiger partial charge in [0.15, 0.2) is 27.5 Å². The molecule has 32 heavy (non-hydrogen) atoms. The first-order valence-electron chi connectivity index (χ1n) is 9.59. The number of β-lactam (4-membered cyclic amide) rings is 1. The van der Waals surface area contributed by atoms with Gasteiger partial charge in [0.1, 0.15) is 6.61 Å². The van der Waals surface area contributed by atoms with Crippen LogP contribution in [0.25, 0.3) is 5.70 Å². The van der Waals surface area contributed by atoms with Gasteiger partial charge < -0.3 is 14.2 Å². The Kier molecular flexibility index (Phi) is 5.79. The minimum Gasteiger partial charge on any atom is -0.461 e. The van der Waals surface area contributed by atoms with Gasteiger partial charge in [0.2, 0.25) is 5.82 Å². The van der Waals surface area contributed by atoms with E-state index >= 15 is 0 Å². The van der Waals surface area contributed by atoms with Crippen molar-refractivity contribution in [1.82, 2.24) is 25.1 Å². The lowest BCUT2D eigenvalue weighted by Gasteiger charge is -2.48. The average Bonchev–Trinajstić information content (AvgIpc) is 3.22. The first-order chi connectivity index (χ1) is 15.3. The number of tetrazole rings is 1. The molecule has 12 nitrogen and oxygen atoms in total. The molecule has 0 aliphatic carbocycles. The Bertz CT molecular complexity index is 1180. The van der Waals surface area contributed by atoms with E-state index in [1.165, 1.54) is 25.8 Å². The van der Waals surface area contributed by atoms with Crippen LogP contribution in [-0.2, 0) is 33.6 Å². The summed E-state index contributed by atoms with van der Waals surface area (Å²) in [6.07, 6.45) is -1.89. The molecule has 0 radical (unpaired) electrons. The van der Waals surface area contributed by atoms with E-state index in [9.17, 15) is 18.0 Å². The van der Waals surface area contributed by atoms with Crippen molar-refractivity contribution in [3.05, 3.63) is 47.3 Å². The first kappa shape index (κ1) is 22.0. The number of hydrogen-bond donors (Lipinski definition) is 0. The Morgan fingerprint density at radius 2 is 1.97 bits per heavy atom. The number of benzene rings is 1. The second-order valence-corrected chi connectivity index (χ2v) is 9.34. The number of rotatable bonds is 7. The second kappa shape index (κ2) is 8.41. The van der Waals surface area contributed by atoms with Crippen molar-refractivity contribution in [2.45, 2.75) is 24.6 Å². The van der Waals surface area contributed by atoms with Gasteiger partial charge in [-0.25, -0.2) is 8.42 Å². The van der Waals surface area contributed by atoms with Gasteiger partial charge in [0, 0.05) is 32.3 Å². The summed E-state index contributed by atoms with van der Waals surface area (Å²) < 4.78 is 42.9. The zero-order valence-corrected chi connectivity index (χ0v) is 18.4. The number of carbonyl (C=O) groups is 2. The summed E-state index contributed by atoms with van der Waals surface area (Å²) >= 11 is 0. The summed E-state index contributed by atoms with van der Waals surface area (Å²) in [7, 11) is -1.06. The molecule has 2 aliphatic heterocycles. The number of carbonyl (C=O) groups excluding carboxylic acids is 2. The summed E-state index contributed by atoms with van der Waals surface area (Å²) in [6.45, 7) is 0.865. The third kappa shape index (κ3) is 3.57. The lowest BCUT2D eigenvalue weighted by atomic mass is 10.0. The molecule has 0 bridgehead atoms. The molecule has 4 rings (SSSR count). The summed E-state index contributed by atoms with van der Waals surface area (Å²) in [5.41, 5.74) is 1.07. The molecule has 2 aromatic rings. The fourth-order valence-corrected chi connectivity index (χ4v) is 5.89. The van der Waals surface area contributed by atoms with E-state index in [0.717, 1.165) is 10.5 Å². The van der Waals surface area contributed by atoms with Crippen LogP contribution in [0.4, 0.5) is 0 Å². The lowest BCUT2D eigenvalue weighted by molar-refractivity contribution is -0.156. The smallest absolute Gasteiger partial charge is 0.302 e. The van der Waals surface area contributed by atoms with Crippen LogP contribution in [0.5, 0.6) is 0 Å². The number of sulfone groups is 1. The molecule has 2 aliphatic rings. The molecular formula is C19H21N5O7S. The quantitative estimate of drug-likeness (QED) is 0.398. The van der Waals surface area contributed by atoms with Gasteiger partial charge in [-0.2, -0.15) is 4.68 Å². The molecule has 0 N–H and O–H groups in total. The maximum Gasteiger partial charge on any atom is 0.302 e. The van der Waals surface area contributed by atoms with Crippen molar-refractivity contribution in [2.24, 2.45) is 0 Å². The van der Waals surface area contributed by atoms with Crippen LogP contribution in [0.1, 0.15) is 24.5 Å². The Hall–Kier alpha value is -3.16. The van der Waals surface area contributed by atoms with Crippen LogP contribution in [0, 0.1) is 0 Å². The van der Waals surface area contributed by atoms with E-state index in [4.69, 9.17) is 14.2 Å². The highest BCUT2D eigenvalue weighted by Gasteiger charge is 2.60. The summed E-state index contributed by atoms with van der Waals surface area (Å²) in [5, 5.41) is 10.6. The third-order valence-corrected chi connectivity index (χ3v) is 7.20. The number of amides is 1.